The van der Waals surface area contributed by atoms with Gasteiger partial charge in [-0.1, -0.05) is 6.92 Å². The molecule has 0 aliphatic carbocycles. The van der Waals surface area contributed by atoms with Crippen LogP contribution in [-0.2, 0) is 19.9 Å². The molecular weight excluding hydrogens is 292 g/mol. The molecule has 0 heterocycles. The number of nitrogens with two attached hydrogens (primary N) is 1. The van der Waals surface area contributed by atoms with Crippen molar-refractivity contribution < 1.29 is 21.9 Å². The van der Waals surface area contributed by atoms with Crippen molar-refractivity contribution in [3.63, 3.8) is 0 Å². The molecule has 0 bridgehead atoms. The Hall–Kier alpha value is -1.32. The van der Waals surface area contributed by atoms with Gasteiger partial charge in [-0.25, -0.2) is 21.6 Å². The Labute approximate surface area is 112 Å². The highest BCUT2D eigenvalue weighted by atomic mass is 32.2. The lowest BCUT2D eigenvalue weighted by atomic mass is 10.3. The van der Waals surface area contributed by atoms with Crippen LogP contribution in [-0.4, -0.2) is 40.0 Å². The molecular formula is C10H16N2O5S2. The molecule has 19 heavy (non-hydrogen) atoms. The van der Waals surface area contributed by atoms with Crippen molar-refractivity contribution in [2.75, 3.05) is 23.8 Å². The van der Waals surface area contributed by atoms with Gasteiger partial charge in [-0.2, -0.15) is 0 Å². The lowest BCUT2D eigenvalue weighted by molar-refractivity contribution is 0.477. The van der Waals surface area contributed by atoms with Crippen molar-refractivity contribution in [3.8, 4) is 5.75 Å². The topological polar surface area (TPSA) is 127 Å². The minimum atomic E-state index is -3.84. The number of sulfonamides is 1. The van der Waals surface area contributed by atoms with E-state index in [1.165, 1.54) is 13.0 Å². The molecule has 0 radical (unpaired) electrons. The van der Waals surface area contributed by atoms with Crippen molar-refractivity contribution in [3.05, 3.63) is 18.2 Å². The molecule has 0 aliphatic rings. The van der Waals surface area contributed by atoms with Crippen LogP contribution in [0.3, 0.4) is 0 Å². The zero-order valence-corrected chi connectivity index (χ0v) is 12.0. The predicted octanol–water partition coefficient (Wildman–Crippen LogP) is -0.313. The zero-order valence-electron chi connectivity index (χ0n) is 10.3. The van der Waals surface area contributed by atoms with Crippen molar-refractivity contribution in [2.45, 2.75) is 11.8 Å². The van der Waals surface area contributed by atoms with Crippen LogP contribution in [0.4, 0.5) is 5.69 Å². The maximum atomic E-state index is 11.8. The first-order chi connectivity index (χ1) is 8.68. The highest BCUT2D eigenvalue weighted by Crippen LogP contribution is 2.22. The highest BCUT2D eigenvalue weighted by Gasteiger charge is 2.16. The second-order valence-electron chi connectivity index (χ2n) is 3.85. The SMILES string of the molecule is CCS(=O)(=O)CCNS(=O)(=O)c1ccc(O)c(N)c1. The minimum absolute atomic E-state index is 0.0408. The summed E-state index contributed by atoms with van der Waals surface area (Å²) in [6.07, 6.45) is 0. The molecule has 0 aromatic heterocycles. The standard InChI is InChI=1S/C10H16N2O5S2/c1-2-18(14,15)6-5-12-19(16,17)8-3-4-10(13)9(11)7-8/h3-4,7,12-13H,2,5-6,11H2,1H3. The lowest BCUT2D eigenvalue weighted by Gasteiger charge is -2.08. The van der Waals surface area contributed by atoms with Gasteiger partial charge >= 0.3 is 0 Å². The van der Waals surface area contributed by atoms with Gasteiger partial charge in [0.1, 0.15) is 5.75 Å². The van der Waals surface area contributed by atoms with Crippen LogP contribution in [0.2, 0.25) is 0 Å². The average Bonchev–Trinajstić information content (AvgIpc) is 2.32. The molecule has 9 heteroatoms. The van der Waals surface area contributed by atoms with Gasteiger partial charge in [0.05, 0.1) is 16.3 Å². The fourth-order valence-electron chi connectivity index (χ4n) is 1.26. The first kappa shape index (κ1) is 15.7. The second-order valence-corrected chi connectivity index (χ2v) is 8.09. The molecule has 108 valence electrons. The molecule has 0 fully saturated rings. The van der Waals surface area contributed by atoms with Gasteiger partial charge in [-0.3, -0.25) is 0 Å². The van der Waals surface area contributed by atoms with Crippen molar-refractivity contribution in [1.29, 1.82) is 0 Å². The summed E-state index contributed by atoms with van der Waals surface area (Å²) in [5, 5.41) is 9.20. The van der Waals surface area contributed by atoms with Gasteiger partial charge < -0.3 is 10.8 Å². The Morgan fingerprint density at radius 3 is 2.42 bits per heavy atom. The van der Waals surface area contributed by atoms with E-state index in [0.717, 1.165) is 12.1 Å². The number of anilines is 1. The Kier molecular flexibility index (Phi) is 4.77. The van der Waals surface area contributed by atoms with E-state index in [9.17, 15) is 21.9 Å². The number of phenolic OH excluding ortho intramolecular Hbond substituents is 1. The molecule has 1 aromatic rings. The third-order valence-electron chi connectivity index (χ3n) is 2.45. The Morgan fingerprint density at radius 2 is 1.89 bits per heavy atom. The molecule has 0 spiro atoms. The minimum Gasteiger partial charge on any atom is -0.506 e. The summed E-state index contributed by atoms with van der Waals surface area (Å²) in [6.45, 7) is 1.28. The summed E-state index contributed by atoms with van der Waals surface area (Å²) in [7, 11) is -7.07. The molecule has 7 nitrogen and oxygen atoms in total. The molecule has 0 saturated heterocycles. The third-order valence-corrected chi connectivity index (χ3v) is 5.62. The maximum absolute atomic E-state index is 11.8. The van der Waals surface area contributed by atoms with Crippen LogP contribution >= 0.6 is 0 Å². The Morgan fingerprint density at radius 1 is 1.26 bits per heavy atom. The quantitative estimate of drug-likeness (QED) is 0.488. The van der Waals surface area contributed by atoms with Crippen LogP contribution in [0.15, 0.2) is 23.1 Å². The Bertz CT molecular complexity index is 652. The molecule has 0 amide bonds. The number of phenols is 1. The van der Waals surface area contributed by atoms with Gasteiger partial charge in [0, 0.05) is 12.3 Å². The van der Waals surface area contributed by atoms with Crippen LogP contribution in [0, 0.1) is 0 Å². The fraction of sp³-hybridized carbons (Fsp3) is 0.400. The molecule has 1 aromatic carbocycles. The van der Waals surface area contributed by atoms with Gasteiger partial charge in [0.2, 0.25) is 10.0 Å². The van der Waals surface area contributed by atoms with E-state index in [2.05, 4.69) is 4.72 Å². The maximum Gasteiger partial charge on any atom is 0.240 e. The number of sulfone groups is 1. The summed E-state index contributed by atoms with van der Waals surface area (Å²) >= 11 is 0. The third kappa shape index (κ3) is 4.37. The van der Waals surface area contributed by atoms with E-state index in [-0.39, 0.29) is 34.4 Å². The fourth-order valence-corrected chi connectivity index (χ4v) is 3.16. The normalized spacial score (nSPS) is 12.5. The van der Waals surface area contributed by atoms with Gasteiger partial charge in [0.25, 0.3) is 0 Å². The van der Waals surface area contributed by atoms with E-state index in [1.807, 2.05) is 0 Å². The number of hydrogen-bond acceptors (Lipinski definition) is 6. The van der Waals surface area contributed by atoms with E-state index >= 15 is 0 Å². The first-order valence-electron chi connectivity index (χ1n) is 5.46. The van der Waals surface area contributed by atoms with Gasteiger partial charge in [-0.05, 0) is 18.2 Å². The smallest absolute Gasteiger partial charge is 0.240 e. The van der Waals surface area contributed by atoms with Gasteiger partial charge in [0.15, 0.2) is 9.84 Å². The van der Waals surface area contributed by atoms with Crippen LogP contribution < -0.4 is 10.5 Å². The zero-order chi connectivity index (χ0) is 14.7. The van der Waals surface area contributed by atoms with Crippen molar-refractivity contribution in [1.82, 2.24) is 4.72 Å². The average molecular weight is 308 g/mol. The molecule has 0 unspecified atom stereocenters. The summed E-state index contributed by atoms with van der Waals surface area (Å²) in [5.41, 5.74) is 5.33. The largest absolute Gasteiger partial charge is 0.506 e. The Balaban J connectivity index is 2.79. The van der Waals surface area contributed by atoms with E-state index < -0.39 is 19.9 Å². The predicted molar refractivity (Wildman–Crippen MR) is 72.0 cm³/mol. The molecule has 0 saturated carbocycles. The number of nitrogens with one attached hydrogen (secondary N) is 1. The monoisotopic (exact) mass is 308 g/mol. The first-order valence-corrected chi connectivity index (χ1v) is 8.77. The van der Waals surface area contributed by atoms with E-state index in [4.69, 9.17) is 5.73 Å². The van der Waals surface area contributed by atoms with E-state index in [1.54, 1.807) is 0 Å². The second kappa shape index (κ2) is 5.76. The summed E-state index contributed by atoms with van der Waals surface area (Å²) in [5.74, 6) is -0.524. The summed E-state index contributed by atoms with van der Waals surface area (Å²) < 4.78 is 48.3. The van der Waals surface area contributed by atoms with Crippen LogP contribution in [0.5, 0.6) is 5.75 Å². The van der Waals surface area contributed by atoms with Crippen LogP contribution in [0.25, 0.3) is 0 Å². The van der Waals surface area contributed by atoms with E-state index in [0.29, 0.717) is 0 Å². The van der Waals surface area contributed by atoms with Crippen LogP contribution in [0.1, 0.15) is 6.92 Å². The number of rotatable bonds is 6. The molecule has 1 rings (SSSR count). The molecule has 0 atom stereocenters. The lowest BCUT2D eigenvalue weighted by Crippen LogP contribution is -2.29. The number of nitrogen functional groups attached to an aromatic ring is 1. The number of aromatic hydroxyl groups is 1. The van der Waals surface area contributed by atoms with Gasteiger partial charge in [-0.15, -0.1) is 0 Å². The summed E-state index contributed by atoms with van der Waals surface area (Å²) in [4.78, 5) is -0.128. The highest BCUT2D eigenvalue weighted by molar-refractivity contribution is 7.91. The molecule has 4 N–H and O–H groups in total. The number of benzene rings is 1. The summed E-state index contributed by atoms with van der Waals surface area (Å²) in [6, 6.07) is 3.45. The number of hydrogen-bond donors (Lipinski definition) is 3. The molecule has 0 aliphatic heterocycles. The van der Waals surface area contributed by atoms with Crippen molar-refractivity contribution in [2.24, 2.45) is 0 Å². The van der Waals surface area contributed by atoms with Crippen molar-refractivity contribution >= 4 is 25.5 Å².